The second kappa shape index (κ2) is 7.57. The van der Waals surface area contributed by atoms with E-state index in [0.717, 1.165) is 17.3 Å². The summed E-state index contributed by atoms with van der Waals surface area (Å²) < 4.78 is 28.3. The van der Waals surface area contributed by atoms with Gasteiger partial charge in [-0.15, -0.1) is 0 Å². The van der Waals surface area contributed by atoms with Crippen molar-refractivity contribution >= 4 is 53.5 Å². The van der Waals surface area contributed by atoms with E-state index in [1.54, 1.807) is 18.2 Å². The van der Waals surface area contributed by atoms with Crippen molar-refractivity contribution in [2.45, 2.75) is 17.7 Å². The molecule has 1 amide bonds. The summed E-state index contributed by atoms with van der Waals surface area (Å²) in [6, 6.07) is 11.7. The van der Waals surface area contributed by atoms with Crippen molar-refractivity contribution in [1.82, 2.24) is 4.31 Å². The minimum Gasteiger partial charge on any atom is -0.322 e. The van der Waals surface area contributed by atoms with Crippen LogP contribution < -0.4 is 5.32 Å². The van der Waals surface area contributed by atoms with Gasteiger partial charge in [-0.2, -0.15) is 4.31 Å². The van der Waals surface area contributed by atoms with E-state index in [1.165, 1.54) is 16.4 Å². The van der Waals surface area contributed by atoms with Gasteiger partial charge in [-0.3, -0.25) is 4.79 Å². The zero-order valence-corrected chi connectivity index (χ0v) is 17.2. The molecule has 1 aliphatic rings. The number of nitrogens with zero attached hydrogens (tertiary/aromatic N) is 1. The summed E-state index contributed by atoms with van der Waals surface area (Å²) in [7, 11) is -3.56. The van der Waals surface area contributed by atoms with Crippen molar-refractivity contribution < 1.29 is 13.2 Å². The van der Waals surface area contributed by atoms with Crippen LogP contribution in [0.25, 0.3) is 0 Å². The summed E-state index contributed by atoms with van der Waals surface area (Å²) in [5, 5.41) is 2.78. The topological polar surface area (TPSA) is 66.5 Å². The van der Waals surface area contributed by atoms with Crippen LogP contribution in [0, 0.1) is 0 Å². The number of amides is 1. The van der Waals surface area contributed by atoms with E-state index in [1.807, 2.05) is 12.1 Å². The van der Waals surface area contributed by atoms with Crippen molar-refractivity contribution in [1.29, 1.82) is 0 Å². The number of nitrogens with one attached hydrogen (secondary N) is 1. The van der Waals surface area contributed by atoms with E-state index < -0.39 is 10.0 Å². The van der Waals surface area contributed by atoms with Crippen LogP contribution in [0.5, 0.6) is 0 Å². The predicted molar refractivity (Wildman–Crippen MR) is 104 cm³/mol. The van der Waals surface area contributed by atoms with Crippen LogP contribution in [-0.4, -0.2) is 31.7 Å². The molecule has 3 rings (SSSR count). The molecule has 8 heteroatoms. The fraction of sp³-hybridized carbons (Fsp3) is 0.235. The van der Waals surface area contributed by atoms with Crippen molar-refractivity contribution in [3.05, 3.63) is 57.0 Å². The van der Waals surface area contributed by atoms with Gasteiger partial charge in [-0.05, 0) is 71.2 Å². The van der Waals surface area contributed by atoms with Gasteiger partial charge in [-0.1, -0.05) is 15.9 Å². The van der Waals surface area contributed by atoms with Crippen LogP contribution in [0.1, 0.15) is 23.2 Å². The molecule has 2 aromatic carbocycles. The van der Waals surface area contributed by atoms with Crippen molar-refractivity contribution in [3.63, 3.8) is 0 Å². The average Bonchev–Trinajstić information content (AvgIpc) is 3.12. The fourth-order valence-corrected chi connectivity index (χ4v) is 4.88. The largest absolute Gasteiger partial charge is 0.322 e. The molecule has 1 fully saturated rings. The minimum absolute atomic E-state index is 0.138. The second-order valence-corrected chi connectivity index (χ2v) is 9.42. The first-order valence-electron chi connectivity index (χ1n) is 7.74. The van der Waals surface area contributed by atoms with Crippen LogP contribution in [-0.2, 0) is 10.0 Å². The number of benzene rings is 2. The Labute approximate surface area is 163 Å². The highest BCUT2D eigenvalue weighted by Gasteiger charge is 2.28. The molecule has 1 N–H and O–H groups in total. The predicted octanol–water partition coefficient (Wildman–Crippen LogP) is 4.25. The van der Waals surface area contributed by atoms with Gasteiger partial charge in [0.15, 0.2) is 0 Å². The number of hydrogen-bond acceptors (Lipinski definition) is 3. The van der Waals surface area contributed by atoms with Crippen molar-refractivity contribution in [2.75, 3.05) is 18.4 Å². The quantitative estimate of drug-likeness (QED) is 0.701. The summed E-state index contributed by atoms with van der Waals surface area (Å²) in [6.07, 6.45) is 1.74. The number of rotatable bonds is 4. The van der Waals surface area contributed by atoms with Crippen LogP contribution in [0.2, 0.25) is 0 Å². The molecule has 0 saturated carbocycles. The van der Waals surface area contributed by atoms with E-state index in [0.29, 0.717) is 23.2 Å². The van der Waals surface area contributed by atoms with Crippen molar-refractivity contribution in [2.24, 2.45) is 0 Å². The Morgan fingerprint density at radius 1 is 1.00 bits per heavy atom. The standard InChI is InChI=1S/C17H16Br2N2O3S/c18-12-3-5-13(6-4-12)20-17(22)15-11-14(7-8-16(15)19)25(23,24)21-9-1-2-10-21/h3-8,11H,1-2,9-10H2,(H,20,22). The lowest BCUT2D eigenvalue weighted by atomic mass is 10.2. The van der Waals surface area contributed by atoms with Gasteiger partial charge in [0.2, 0.25) is 10.0 Å². The summed E-state index contributed by atoms with van der Waals surface area (Å²) in [5.41, 5.74) is 0.913. The lowest BCUT2D eigenvalue weighted by Crippen LogP contribution is -2.28. The van der Waals surface area contributed by atoms with E-state index in [2.05, 4.69) is 37.2 Å². The molecule has 0 radical (unpaired) electrons. The molecule has 0 atom stereocenters. The summed E-state index contributed by atoms with van der Waals surface area (Å²) in [5.74, 6) is -0.368. The molecule has 0 aromatic heterocycles. The highest BCUT2D eigenvalue weighted by atomic mass is 79.9. The molecule has 132 valence electrons. The molecule has 0 bridgehead atoms. The maximum absolute atomic E-state index is 12.7. The van der Waals surface area contributed by atoms with Gasteiger partial charge in [0, 0.05) is 27.7 Å². The Hall–Kier alpha value is -1.22. The Balaban J connectivity index is 1.88. The highest BCUT2D eigenvalue weighted by Crippen LogP contribution is 2.26. The van der Waals surface area contributed by atoms with Crippen LogP contribution in [0.15, 0.2) is 56.3 Å². The molecule has 1 saturated heterocycles. The first-order valence-corrected chi connectivity index (χ1v) is 10.8. The van der Waals surface area contributed by atoms with E-state index in [-0.39, 0.29) is 16.4 Å². The molecular weight excluding hydrogens is 472 g/mol. The number of carbonyl (C=O) groups excluding carboxylic acids is 1. The maximum atomic E-state index is 12.7. The Morgan fingerprint density at radius 2 is 1.64 bits per heavy atom. The third-order valence-electron chi connectivity index (χ3n) is 3.99. The van der Waals surface area contributed by atoms with Gasteiger partial charge in [0.25, 0.3) is 5.91 Å². The lowest BCUT2D eigenvalue weighted by molar-refractivity contribution is 0.102. The lowest BCUT2D eigenvalue weighted by Gasteiger charge is -2.16. The Kier molecular flexibility index (Phi) is 5.62. The molecule has 0 spiro atoms. The van der Waals surface area contributed by atoms with Gasteiger partial charge >= 0.3 is 0 Å². The molecule has 2 aromatic rings. The molecule has 5 nitrogen and oxygen atoms in total. The summed E-state index contributed by atoms with van der Waals surface area (Å²) in [4.78, 5) is 12.7. The fourth-order valence-electron chi connectivity index (χ4n) is 2.65. The minimum atomic E-state index is -3.56. The van der Waals surface area contributed by atoms with E-state index in [4.69, 9.17) is 0 Å². The first kappa shape index (κ1) is 18.6. The van der Waals surface area contributed by atoms with Gasteiger partial charge < -0.3 is 5.32 Å². The third-order valence-corrected chi connectivity index (χ3v) is 7.10. The highest BCUT2D eigenvalue weighted by molar-refractivity contribution is 9.10. The Bertz CT molecular complexity index is 893. The Morgan fingerprint density at radius 3 is 2.28 bits per heavy atom. The molecule has 0 aliphatic carbocycles. The van der Waals surface area contributed by atoms with Crippen molar-refractivity contribution in [3.8, 4) is 0 Å². The summed E-state index contributed by atoms with van der Waals surface area (Å²) in [6.45, 7) is 1.05. The first-order chi connectivity index (χ1) is 11.9. The molecule has 1 heterocycles. The second-order valence-electron chi connectivity index (χ2n) is 5.71. The van der Waals surface area contributed by atoms with Gasteiger partial charge in [0.1, 0.15) is 0 Å². The molecule has 1 aliphatic heterocycles. The molecule has 25 heavy (non-hydrogen) atoms. The molecule has 0 unspecified atom stereocenters. The average molecular weight is 488 g/mol. The van der Waals surface area contributed by atoms with Crippen LogP contribution >= 0.6 is 31.9 Å². The number of sulfonamides is 1. The number of anilines is 1. The number of halogens is 2. The molecular formula is C17H16Br2N2O3S. The number of hydrogen-bond donors (Lipinski definition) is 1. The normalized spacial score (nSPS) is 15.3. The smallest absolute Gasteiger partial charge is 0.256 e. The van der Waals surface area contributed by atoms with Crippen LogP contribution in [0.3, 0.4) is 0 Å². The van der Waals surface area contributed by atoms with E-state index in [9.17, 15) is 13.2 Å². The zero-order valence-electron chi connectivity index (χ0n) is 13.2. The number of carbonyl (C=O) groups is 1. The maximum Gasteiger partial charge on any atom is 0.256 e. The monoisotopic (exact) mass is 486 g/mol. The van der Waals surface area contributed by atoms with Gasteiger partial charge in [-0.25, -0.2) is 8.42 Å². The van der Waals surface area contributed by atoms with Gasteiger partial charge in [0.05, 0.1) is 10.5 Å². The summed E-state index contributed by atoms with van der Waals surface area (Å²) >= 11 is 6.67. The van der Waals surface area contributed by atoms with Crippen LogP contribution in [0.4, 0.5) is 5.69 Å². The van der Waals surface area contributed by atoms with E-state index >= 15 is 0 Å². The SMILES string of the molecule is O=C(Nc1ccc(Br)cc1)c1cc(S(=O)(=O)N2CCCC2)ccc1Br. The third kappa shape index (κ3) is 4.13. The zero-order chi connectivity index (χ0) is 18.0.